The Hall–Kier alpha value is -2.03. The molecule has 6 nitrogen and oxygen atoms in total. The molecule has 2 rings (SSSR count). The molecule has 2 aromatic heterocycles. The molecule has 0 saturated heterocycles. The maximum atomic E-state index is 12.5. The summed E-state index contributed by atoms with van der Waals surface area (Å²) >= 11 is 6.02. The van der Waals surface area contributed by atoms with Crippen LogP contribution >= 0.6 is 11.6 Å². The van der Waals surface area contributed by atoms with Gasteiger partial charge in [-0.05, 0) is 13.0 Å². The summed E-state index contributed by atoms with van der Waals surface area (Å²) in [5, 5.41) is 7.99. The van der Waals surface area contributed by atoms with E-state index in [4.69, 9.17) is 11.6 Å². The van der Waals surface area contributed by atoms with Gasteiger partial charge in [0.15, 0.2) is 5.69 Å². The summed E-state index contributed by atoms with van der Waals surface area (Å²) < 4.78 is 40.0. The van der Waals surface area contributed by atoms with E-state index in [1.54, 1.807) is 10.9 Å². The Balaban J connectivity index is 1.99. The second kappa shape index (κ2) is 6.61. The predicted octanol–water partition coefficient (Wildman–Crippen LogP) is 2.43. The fraction of sp³-hybridized carbons (Fsp3) is 0.462. The average molecular weight is 350 g/mol. The molecule has 0 saturated carbocycles. The monoisotopic (exact) mass is 349 g/mol. The molecule has 126 valence electrons. The number of amides is 1. The molecular formula is C13H15ClF3N5O. The smallest absolute Gasteiger partial charge is 0.338 e. The van der Waals surface area contributed by atoms with Gasteiger partial charge in [-0.2, -0.15) is 23.4 Å². The molecule has 0 atom stereocenters. The van der Waals surface area contributed by atoms with E-state index in [1.807, 2.05) is 6.92 Å². The lowest BCUT2D eigenvalue weighted by Gasteiger charge is -2.16. The first kappa shape index (κ1) is 17.3. The standard InChI is InChI=1S/C13H15ClF3N5O/c1-3-21-6-9(14)10(18-21)7-20(2)12(23)8-22-5-4-11(19-22)13(15,16)17/h4-6H,3,7-8H2,1-2H3. The lowest BCUT2D eigenvalue weighted by molar-refractivity contribution is -0.142. The highest BCUT2D eigenvalue weighted by Crippen LogP contribution is 2.27. The average Bonchev–Trinajstić information content (AvgIpc) is 3.06. The highest BCUT2D eigenvalue weighted by Gasteiger charge is 2.33. The van der Waals surface area contributed by atoms with Crippen LogP contribution in [0.4, 0.5) is 13.2 Å². The fourth-order valence-electron chi connectivity index (χ4n) is 1.88. The van der Waals surface area contributed by atoms with E-state index in [0.29, 0.717) is 17.3 Å². The van der Waals surface area contributed by atoms with Crippen LogP contribution in [-0.4, -0.2) is 37.4 Å². The molecule has 2 heterocycles. The second-order valence-corrected chi connectivity index (χ2v) is 5.33. The zero-order valence-electron chi connectivity index (χ0n) is 12.5. The summed E-state index contributed by atoms with van der Waals surface area (Å²) in [5.41, 5.74) is -0.501. The van der Waals surface area contributed by atoms with Crippen LogP contribution in [0.2, 0.25) is 5.02 Å². The molecule has 10 heteroatoms. The van der Waals surface area contributed by atoms with Gasteiger partial charge in [0.05, 0.1) is 11.6 Å². The van der Waals surface area contributed by atoms with Crippen molar-refractivity contribution in [3.05, 3.63) is 34.9 Å². The summed E-state index contributed by atoms with van der Waals surface area (Å²) in [6.45, 7) is 2.42. The predicted molar refractivity (Wildman–Crippen MR) is 76.6 cm³/mol. The van der Waals surface area contributed by atoms with Crippen LogP contribution in [0.5, 0.6) is 0 Å². The third kappa shape index (κ3) is 4.25. The quantitative estimate of drug-likeness (QED) is 0.833. The molecule has 0 aromatic carbocycles. The number of carbonyl (C=O) groups excluding carboxylic acids is 1. The van der Waals surface area contributed by atoms with Crippen molar-refractivity contribution in [1.82, 2.24) is 24.5 Å². The van der Waals surface area contributed by atoms with Gasteiger partial charge in [0.1, 0.15) is 12.2 Å². The van der Waals surface area contributed by atoms with Gasteiger partial charge in [0, 0.05) is 26.0 Å². The molecule has 0 spiro atoms. The van der Waals surface area contributed by atoms with E-state index in [2.05, 4.69) is 10.2 Å². The normalized spacial score (nSPS) is 11.7. The van der Waals surface area contributed by atoms with Gasteiger partial charge in [-0.3, -0.25) is 14.2 Å². The van der Waals surface area contributed by atoms with Crippen LogP contribution in [0, 0.1) is 0 Å². The molecule has 0 aliphatic heterocycles. The van der Waals surface area contributed by atoms with Crippen LogP contribution in [0.15, 0.2) is 18.5 Å². The van der Waals surface area contributed by atoms with Crippen molar-refractivity contribution in [2.45, 2.75) is 32.7 Å². The number of hydrogen-bond donors (Lipinski definition) is 0. The van der Waals surface area contributed by atoms with E-state index in [1.165, 1.54) is 11.9 Å². The number of aromatic nitrogens is 4. The number of halogens is 4. The molecule has 1 amide bonds. The van der Waals surface area contributed by atoms with E-state index in [-0.39, 0.29) is 13.1 Å². The van der Waals surface area contributed by atoms with Gasteiger partial charge in [-0.15, -0.1) is 0 Å². The number of likely N-dealkylation sites (N-methyl/N-ethyl adjacent to an activating group) is 1. The molecule has 0 radical (unpaired) electrons. The number of hydrogen-bond acceptors (Lipinski definition) is 3. The Morgan fingerprint density at radius 2 is 2.04 bits per heavy atom. The van der Waals surface area contributed by atoms with Crippen molar-refractivity contribution in [3.63, 3.8) is 0 Å². The lowest BCUT2D eigenvalue weighted by atomic mass is 10.4. The fourth-order valence-corrected chi connectivity index (χ4v) is 2.09. The Bertz CT molecular complexity index is 694. The van der Waals surface area contributed by atoms with Crippen molar-refractivity contribution in [2.24, 2.45) is 0 Å². The molecule has 0 N–H and O–H groups in total. The summed E-state index contributed by atoms with van der Waals surface area (Å²) in [7, 11) is 1.53. The topological polar surface area (TPSA) is 56.0 Å². The SMILES string of the molecule is CCn1cc(Cl)c(CN(C)C(=O)Cn2ccc(C(F)(F)F)n2)n1. The zero-order valence-corrected chi connectivity index (χ0v) is 13.3. The Morgan fingerprint density at radius 3 is 2.57 bits per heavy atom. The van der Waals surface area contributed by atoms with Crippen molar-refractivity contribution in [1.29, 1.82) is 0 Å². The number of rotatable bonds is 5. The molecular weight excluding hydrogens is 335 g/mol. The van der Waals surface area contributed by atoms with Crippen LogP contribution in [-0.2, 0) is 30.6 Å². The van der Waals surface area contributed by atoms with Crippen LogP contribution in [0.3, 0.4) is 0 Å². The van der Waals surface area contributed by atoms with Gasteiger partial charge >= 0.3 is 6.18 Å². The van der Waals surface area contributed by atoms with Crippen molar-refractivity contribution in [2.75, 3.05) is 7.05 Å². The number of nitrogens with zero attached hydrogens (tertiary/aromatic N) is 5. The number of aryl methyl sites for hydroxylation is 1. The molecule has 0 aliphatic carbocycles. The minimum atomic E-state index is -4.53. The summed E-state index contributed by atoms with van der Waals surface area (Å²) in [6.07, 6.45) is -1.76. The molecule has 2 aromatic rings. The van der Waals surface area contributed by atoms with E-state index < -0.39 is 17.8 Å². The van der Waals surface area contributed by atoms with Crippen molar-refractivity contribution >= 4 is 17.5 Å². The van der Waals surface area contributed by atoms with E-state index in [9.17, 15) is 18.0 Å². The first-order chi connectivity index (χ1) is 10.7. The first-order valence-electron chi connectivity index (χ1n) is 6.77. The Labute approximate surface area is 135 Å². The lowest BCUT2D eigenvalue weighted by Crippen LogP contribution is -2.30. The second-order valence-electron chi connectivity index (χ2n) is 4.93. The third-order valence-electron chi connectivity index (χ3n) is 3.15. The van der Waals surface area contributed by atoms with Gasteiger partial charge < -0.3 is 4.90 Å². The summed E-state index contributed by atoms with van der Waals surface area (Å²) in [4.78, 5) is 13.4. The largest absolute Gasteiger partial charge is 0.435 e. The summed E-state index contributed by atoms with van der Waals surface area (Å²) in [5.74, 6) is -0.399. The van der Waals surface area contributed by atoms with Gasteiger partial charge in [0.2, 0.25) is 5.91 Å². The maximum absolute atomic E-state index is 12.5. The van der Waals surface area contributed by atoms with E-state index in [0.717, 1.165) is 16.9 Å². The highest BCUT2D eigenvalue weighted by molar-refractivity contribution is 6.31. The number of alkyl halides is 3. The minimum Gasteiger partial charge on any atom is -0.338 e. The van der Waals surface area contributed by atoms with Gasteiger partial charge in [-0.25, -0.2) is 0 Å². The molecule has 0 bridgehead atoms. The summed E-state index contributed by atoms with van der Waals surface area (Å²) in [6, 6.07) is 0.826. The molecule has 0 fully saturated rings. The van der Waals surface area contributed by atoms with Crippen molar-refractivity contribution < 1.29 is 18.0 Å². The van der Waals surface area contributed by atoms with Gasteiger partial charge in [-0.1, -0.05) is 11.6 Å². The molecule has 23 heavy (non-hydrogen) atoms. The Morgan fingerprint density at radius 1 is 1.35 bits per heavy atom. The number of carbonyl (C=O) groups is 1. The van der Waals surface area contributed by atoms with Crippen LogP contribution < -0.4 is 0 Å². The third-order valence-corrected chi connectivity index (χ3v) is 3.47. The van der Waals surface area contributed by atoms with Crippen LogP contribution in [0.1, 0.15) is 18.3 Å². The molecule has 0 aliphatic rings. The van der Waals surface area contributed by atoms with Crippen molar-refractivity contribution in [3.8, 4) is 0 Å². The highest BCUT2D eigenvalue weighted by atomic mass is 35.5. The maximum Gasteiger partial charge on any atom is 0.435 e. The first-order valence-corrected chi connectivity index (χ1v) is 7.15. The van der Waals surface area contributed by atoms with Gasteiger partial charge in [0.25, 0.3) is 0 Å². The zero-order chi connectivity index (χ0) is 17.2. The Kier molecular flexibility index (Phi) is 4.98. The molecule has 0 unspecified atom stereocenters. The van der Waals surface area contributed by atoms with E-state index >= 15 is 0 Å². The minimum absolute atomic E-state index is 0.165. The van der Waals surface area contributed by atoms with Crippen LogP contribution in [0.25, 0.3) is 0 Å².